The van der Waals surface area contributed by atoms with Crippen molar-refractivity contribution in [3.05, 3.63) is 205 Å². The fourth-order valence-corrected chi connectivity index (χ4v) is 10.2. The molecule has 1 aliphatic rings. The van der Waals surface area contributed by atoms with Gasteiger partial charge >= 0.3 is 0 Å². The highest BCUT2D eigenvalue weighted by atomic mass is 32.1. The Kier molecular flexibility index (Phi) is 8.06. The van der Waals surface area contributed by atoms with Crippen LogP contribution >= 0.6 is 11.3 Å². The van der Waals surface area contributed by atoms with E-state index in [1.807, 2.05) is 17.4 Å². The molecule has 2 nitrogen and oxygen atoms in total. The Morgan fingerprint density at radius 1 is 0.379 bits per heavy atom. The van der Waals surface area contributed by atoms with Crippen LogP contribution in [0.3, 0.4) is 0 Å². The van der Waals surface area contributed by atoms with Crippen molar-refractivity contribution in [2.75, 3.05) is 0 Å². The Bertz CT molecular complexity index is 3180. The molecule has 3 heteroatoms. The van der Waals surface area contributed by atoms with Crippen LogP contribution < -0.4 is 0 Å². The van der Waals surface area contributed by atoms with Gasteiger partial charge in [-0.05, 0) is 92.5 Å². The lowest BCUT2D eigenvalue weighted by Crippen LogP contribution is -2.14. The summed E-state index contributed by atoms with van der Waals surface area (Å²) in [6, 6.07) is 70.2. The number of nitrogens with zero attached hydrogens (tertiary/aromatic N) is 2. The molecule has 0 unspecified atom stereocenters. The van der Waals surface area contributed by atoms with E-state index < -0.39 is 0 Å². The number of rotatable bonds is 6. The average Bonchev–Trinajstić information content (AvgIpc) is 3.78. The molecule has 10 aromatic rings. The molecule has 11 rings (SSSR count). The van der Waals surface area contributed by atoms with Crippen molar-refractivity contribution in [3.8, 4) is 78.4 Å². The highest BCUT2D eigenvalue weighted by molar-refractivity contribution is 7.26. The molecular formula is C55H38N2S. The van der Waals surface area contributed by atoms with Crippen molar-refractivity contribution in [2.24, 2.45) is 0 Å². The van der Waals surface area contributed by atoms with Crippen LogP contribution in [0.25, 0.3) is 98.6 Å². The van der Waals surface area contributed by atoms with Crippen molar-refractivity contribution in [3.63, 3.8) is 0 Å². The molecule has 0 spiro atoms. The van der Waals surface area contributed by atoms with Gasteiger partial charge in [0.25, 0.3) is 0 Å². The molecule has 0 radical (unpaired) electrons. The molecule has 0 atom stereocenters. The number of hydrogen-bond donors (Lipinski definition) is 0. The smallest absolute Gasteiger partial charge is 0.160 e. The van der Waals surface area contributed by atoms with Gasteiger partial charge in [0, 0.05) is 47.8 Å². The third kappa shape index (κ3) is 5.69. The second-order valence-electron chi connectivity index (χ2n) is 15.8. The second-order valence-corrected chi connectivity index (χ2v) is 16.8. The lowest BCUT2D eigenvalue weighted by Gasteiger charge is -2.21. The van der Waals surface area contributed by atoms with Gasteiger partial charge in [0.2, 0.25) is 0 Å². The molecule has 58 heavy (non-hydrogen) atoms. The number of thiophene rings is 1. The summed E-state index contributed by atoms with van der Waals surface area (Å²) < 4.78 is 2.61. The Hall–Kier alpha value is -6.94. The van der Waals surface area contributed by atoms with Crippen LogP contribution in [-0.2, 0) is 5.41 Å². The molecule has 1 aliphatic carbocycles. The SMILES string of the molecule is CC1(C)c2ccccc2-c2c(-c3cc(-c4cc(-c5ccccc5)cc(-c5cc(-c6ccccc6)c6sc7ccccc7c6c5)c4)nc(-c4ccccc4)n3)cccc21. The maximum absolute atomic E-state index is 5.37. The van der Waals surface area contributed by atoms with E-state index in [1.54, 1.807) is 0 Å². The summed E-state index contributed by atoms with van der Waals surface area (Å²) in [4.78, 5) is 10.7. The molecule has 2 aromatic heterocycles. The normalized spacial score (nSPS) is 12.8. The van der Waals surface area contributed by atoms with Crippen molar-refractivity contribution in [1.82, 2.24) is 9.97 Å². The predicted molar refractivity (Wildman–Crippen MR) is 245 cm³/mol. The minimum Gasteiger partial charge on any atom is -0.228 e. The summed E-state index contributed by atoms with van der Waals surface area (Å²) in [5.74, 6) is 0.709. The maximum Gasteiger partial charge on any atom is 0.160 e. The Labute approximate surface area is 342 Å². The topological polar surface area (TPSA) is 25.8 Å². The Morgan fingerprint density at radius 2 is 0.948 bits per heavy atom. The van der Waals surface area contributed by atoms with Gasteiger partial charge < -0.3 is 0 Å². The number of fused-ring (bicyclic) bond motifs is 6. The predicted octanol–water partition coefficient (Wildman–Crippen LogP) is 15.2. The highest BCUT2D eigenvalue weighted by Gasteiger charge is 2.36. The summed E-state index contributed by atoms with van der Waals surface area (Å²) in [6.45, 7) is 4.66. The average molecular weight is 759 g/mol. The Morgan fingerprint density at radius 3 is 1.72 bits per heavy atom. The van der Waals surface area contributed by atoms with Gasteiger partial charge in [-0.2, -0.15) is 0 Å². The van der Waals surface area contributed by atoms with Crippen molar-refractivity contribution in [1.29, 1.82) is 0 Å². The van der Waals surface area contributed by atoms with Gasteiger partial charge in [-0.3, -0.25) is 0 Å². The zero-order valence-corrected chi connectivity index (χ0v) is 33.1. The van der Waals surface area contributed by atoms with Crippen molar-refractivity contribution in [2.45, 2.75) is 19.3 Å². The largest absolute Gasteiger partial charge is 0.228 e. The highest BCUT2D eigenvalue weighted by Crippen LogP contribution is 2.52. The summed E-state index contributed by atoms with van der Waals surface area (Å²) in [7, 11) is 0. The van der Waals surface area contributed by atoms with E-state index in [9.17, 15) is 0 Å². The van der Waals surface area contributed by atoms with E-state index in [4.69, 9.17) is 9.97 Å². The van der Waals surface area contributed by atoms with Crippen molar-refractivity contribution >= 4 is 31.5 Å². The zero-order valence-electron chi connectivity index (χ0n) is 32.3. The minimum absolute atomic E-state index is 0.119. The van der Waals surface area contributed by atoms with Crippen LogP contribution in [0, 0.1) is 0 Å². The number of aromatic nitrogens is 2. The number of benzene rings is 8. The summed E-state index contributed by atoms with van der Waals surface area (Å²) in [5, 5.41) is 2.56. The van der Waals surface area contributed by atoms with Crippen LogP contribution in [0.2, 0.25) is 0 Å². The first kappa shape index (κ1) is 34.3. The van der Waals surface area contributed by atoms with Crippen molar-refractivity contribution < 1.29 is 0 Å². The monoisotopic (exact) mass is 758 g/mol. The first-order valence-corrected chi connectivity index (χ1v) is 20.7. The van der Waals surface area contributed by atoms with Gasteiger partial charge in [-0.1, -0.05) is 166 Å². The molecule has 2 heterocycles. The maximum atomic E-state index is 5.37. The third-order valence-electron chi connectivity index (χ3n) is 11.9. The van der Waals surface area contributed by atoms with Gasteiger partial charge in [-0.15, -0.1) is 11.3 Å². The fourth-order valence-electron chi connectivity index (χ4n) is 8.98. The van der Waals surface area contributed by atoms with Gasteiger partial charge in [-0.25, -0.2) is 9.97 Å². The molecule has 0 bridgehead atoms. The van der Waals surface area contributed by atoms with Crippen LogP contribution in [0.5, 0.6) is 0 Å². The van der Waals surface area contributed by atoms with Crippen LogP contribution in [0.15, 0.2) is 194 Å². The van der Waals surface area contributed by atoms with Gasteiger partial charge in [0.1, 0.15) is 0 Å². The van der Waals surface area contributed by atoms with E-state index in [-0.39, 0.29) is 5.41 Å². The lowest BCUT2D eigenvalue weighted by atomic mass is 9.82. The molecule has 8 aromatic carbocycles. The van der Waals surface area contributed by atoms with E-state index in [2.05, 4.69) is 202 Å². The number of hydrogen-bond acceptors (Lipinski definition) is 3. The fraction of sp³-hybridized carbons (Fsp3) is 0.0545. The quantitative estimate of drug-likeness (QED) is 0.169. The van der Waals surface area contributed by atoms with E-state index in [0.29, 0.717) is 5.82 Å². The van der Waals surface area contributed by atoms with Gasteiger partial charge in [0.15, 0.2) is 5.82 Å². The first-order valence-electron chi connectivity index (χ1n) is 19.9. The molecule has 0 N–H and O–H groups in total. The first-order chi connectivity index (χ1) is 28.5. The summed E-state index contributed by atoms with van der Waals surface area (Å²) >= 11 is 1.87. The molecule has 0 fully saturated rings. The van der Waals surface area contributed by atoms with Gasteiger partial charge in [0.05, 0.1) is 11.4 Å². The standard InChI is InChI=1S/C55H38N2S/c1-55(2)47-26-14-12-24-43(47)52-44(25-16-27-48(52)55)50-34-49(56-54(57-50)37-21-10-5-11-22-37)41-30-38(35-17-6-3-7-18-35)29-39(31-41)40-32-45(36-19-8-4-9-20-36)53-46(33-40)42-23-13-15-28-51(42)58-53/h3-34H,1-2H3. The molecule has 0 amide bonds. The van der Waals surface area contributed by atoms with E-state index in [0.717, 1.165) is 44.8 Å². The molecule has 274 valence electrons. The summed E-state index contributed by atoms with van der Waals surface area (Å²) in [6.07, 6.45) is 0. The van der Waals surface area contributed by atoms with Crippen LogP contribution in [0.1, 0.15) is 25.0 Å². The third-order valence-corrected chi connectivity index (χ3v) is 13.1. The van der Waals surface area contributed by atoms with E-state index >= 15 is 0 Å². The minimum atomic E-state index is -0.119. The summed E-state index contributed by atoms with van der Waals surface area (Å²) in [5.41, 5.74) is 17.1. The lowest BCUT2D eigenvalue weighted by molar-refractivity contribution is 0.660. The second kappa shape index (κ2) is 13.6. The van der Waals surface area contributed by atoms with Crippen LogP contribution in [-0.4, -0.2) is 9.97 Å². The van der Waals surface area contributed by atoms with Crippen LogP contribution in [0.4, 0.5) is 0 Å². The molecular weight excluding hydrogens is 721 g/mol. The van der Waals surface area contributed by atoms with E-state index in [1.165, 1.54) is 59.1 Å². The molecule has 0 aliphatic heterocycles. The molecule has 0 saturated carbocycles. The zero-order chi connectivity index (χ0) is 38.8. The molecule has 0 saturated heterocycles. The Balaban J connectivity index is 1.17.